The van der Waals surface area contributed by atoms with Crippen LogP contribution >= 0.6 is 0 Å². The zero-order valence-corrected chi connectivity index (χ0v) is 16.7. The van der Waals surface area contributed by atoms with Crippen LogP contribution in [0.15, 0.2) is 83.0 Å². The van der Waals surface area contributed by atoms with E-state index in [0.717, 1.165) is 17.0 Å². The van der Waals surface area contributed by atoms with Gasteiger partial charge in [0.1, 0.15) is 5.75 Å². The predicted molar refractivity (Wildman–Crippen MR) is 115 cm³/mol. The van der Waals surface area contributed by atoms with Gasteiger partial charge in [0.15, 0.2) is 11.9 Å². The molecule has 0 radical (unpaired) electrons. The van der Waals surface area contributed by atoms with E-state index < -0.39 is 21.6 Å². The number of nitrogens with one attached hydrogen (secondary N) is 2. The third-order valence-corrected chi connectivity index (χ3v) is 5.41. The lowest BCUT2D eigenvalue weighted by Crippen LogP contribution is -2.42. The molecule has 11 heteroatoms. The second-order valence-corrected chi connectivity index (χ2v) is 7.16. The van der Waals surface area contributed by atoms with Crippen molar-refractivity contribution < 1.29 is 14.6 Å². The number of amidine groups is 1. The van der Waals surface area contributed by atoms with Crippen molar-refractivity contribution in [3.05, 3.63) is 109 Å². The topological polar surface area (TPSA) is 139 Å². The number of H-pyrrole nitrogens is 1. The number of hydrazine groups is 1. The molecule has 2 N–H and O–H groups in total. The number of nitro groups is 2. The number of hydrogen-bond acceptors (Lipinski definition) is 8. The van der Waals surface area contributed by atoms with Crippen LogP contribution in [0.4, 0.5) is 0 Å². The Kier molecular flexibility index (Phi) is 4.36. The molecule has 2 aliphatic rings. The SMILES string of the molecule is COc1ccc(C2=NC3=C([N+](=O)[O-])C=C([N+](=O)[O-])C(c4c[nH]c5ccccc45)N3N2)cc1. The first-order chi connectivity index (χ1) is 15.5. The van der Waals surface area contributed by atoms with Crippen molar-refractivity contribution >= 4 is 16.7 Å². The van der Waals surface area contributed by atoms with Gasteiger partial charge < -0.3 is 9.72 Å². The average Bonchev–Trinajstić information content (AvgIpc) is 3.42. The first-order valence-electron chi connectivity index (χ1n) is 9.57. The third kappa shape index (κ3) is 2.95. The molecular weight excluding hydrogens is 416 g/mol. The van der Waals surface area contributed by atoms with Crippen molar-refractivity contribution in [1.82, 2.24) is 15.4 Å². The summed E-state index contributed by atoms with van der Waals surface area (Å²) in [6, 6.07) is 13.4. The number of para-hydroxylation sites is 1. The van der Waals surface area contributed by atoms with Gasteiger partial charge in [-0.05, 0) is 30.3 Å². The largest absolute Gasteiger partial charge is 0.497 e. The lowest BCUT2D eigenvalue weighted by molar-refractivity contribution is -0.445. The maximum atomic E-state index is 12.0. The summed E-state index contributed by atoms with van der Waals surface area (Å²) in [5, 5.41) is 25.8. The fraction of sp³-hybridized carbons (Fsp3) is 0.0952. The molecule has 0 saturated carbocycles. The fourth-order valence-corrected chi connectivity index (χ4v) is 3.92. The maximum absolute atomic E-state index is 12.0. The molecule has 1 atom stereocenters. The van der Waals surface area contributed by atoms with E-state index in [1.807, 2.05) is 24.3 Å². The lowest BCUT2D eigenvalue weighted by atomic mass is 9.99. The second kappa shape index (κ2) is 7.23. The van der Waals surface area contributed by atoms with Gasteiger partial charge in [-0.2, -0.15) is 0 Å². The van der Waals surface area contributed by atoms with E-state index in [2.05, 4.69) is 15.4 Å². The average molecular weight is 432 g/mol. The molecule has 2 aliphatic heterocycles. The highest BCUT2D eigenvalue weighted by Gasteiger charge is 2.46. The van der Waals surface area contributed by atoms with Crippen molar-refractivity contribution in [3.63, 3.8) is 0 Å². The molecule has 0 fully saturated rings. The summed E-state index contributed by atoms with van der Waals surface area (Å²) in [7, 11) is 1.55. The summed E-state index contributed by atoms with van der Waals surface area (Å²) < 4.78 is 5.17. The van der Waals surface area contributed by atoms with Crippen molar-refractivity contribution in [3.8, 4) is 5.75 Å². The van der Waals surface area contributed by atoms with Crippen molar-refractivity contribution in [2.24, 2.45) is 4.99 Å². The van der Waals surface area contributed by atoms with Gasteiger partial charge in [-0.15, -0.1) is 0 Å². The van der Waals surface area contributed by atoms with Crippen LogP contribution in [-0.4, -0.2) is 32.8 Å². The summed E-state index contributed by atoms with van der Waals surface area (Å²) in [5.74, 6) is 0.982. The van der Waals surface area contributed by atoms with Gasteiger partial charge in [-0.25, -0.2) is 10.0 Å². The molecule has 160 valence electrons. The molecular formula is C21H16N6O5. The normalized spacial score (nSPS) is 17.5. The molecule has 0 amide bonds. The predicted octanol–water partition coefficient (Wildman–Crippen LogP) is 3.10. The van der Waals surface area contributed by atoms with Crippen LogP contribution < -0.4 is 10.2 Å². The lowest BCUT2D eigenvalue weighted by Gasteiger charge is -2.29. The zero-order valence-electron chi connectivity index (χ0n) is 16.7. The van der Waals surface area contributed by atoms with Gasteiger partial charge in [-0.3, -0.25) is 25.7 Å². The minimum Gasteiger partial charge on any atom is -0.497 e. The van der Waals surface area contributed by atoms with E-state index in [-0.39, 0.29) is 11.5 Å². The fourth-order valence-electron chi connectivity index (χ4n) is 3.92. The van der Waals surface area contributed by atoms with Gasteiger partial charge >= 0.3 is 5.70 Å². The van der Waals surface area contributed by atoms with Crippen LogP contribution in [0, 0.1) is 20.2 Å². The Morgan fingerprint density at radius 3 is 2.50 bits per heavy atom. The van der Waals surface area contributed by atoms with Gasteiger partial charge in [0.05, 0.1) is 23.0 Å². The minimum atomic E-state index is -0.945. The summed E-state index contributed by atoms with van der Waals surface area (Å²) in [4.78, 5) is 30.0. The molecule has 5 rings (SSSR count). The van der Waals surface area contributed by atoms with Crippen LogP contribution in [0.3, 0.4) is 0 Å². The number of nitrogens with zero attached hydrogens (tertiary/aromatic N) is 4. The third-order valence-electron chi connectivity index (χ3n) is 5.41. The molecule has 3 heterocycles. The summed E-state index contributed by atoms with van der Waals surface area (Å²) in [5.41, 5.74) is 4.30. The molecule has 0 saturated heterocycles. The number of aromatic nitrogens is 1. The number of fused-ring (bicyclic) bond motifs is 2. The van der Waals surface area contributed by atoms with Gasteiger partial charge in [0.25, 0.3) is 5.70 Å². The van der Waals surface area contributed by atoms with Gasteiger partial charge in [0, 0.05) is 28.2 Å². The Bertz CT molecular complexity index is 1350. The van der Waals surface area contributed by atoms with Crippen LogP contribution in [0.2, 0.25) is 0 Å². The van der Waals surface area contributed by atoms with Gasteiger partial charge in [0.2, 0.25) is 5.82 Å². The van der Waals surface area contributed by atoms with Crippen molar-refractivity contribution in [2.45, 2.75) is 6.04 Å². The van der Waals surface area contributed by atoms with Crippen LogP contribution in [0.5, 0.6) is 5.75 Å². The summed E-state index contributed by atoms with van der Waals surface area (Å²) >= 11 is 0. The minimum absolute atomic E-state index is 0.00157. The molecule has 1 aromatic heterocycles. The molecule has 2 aromatic carbocycles. The standard InChI is InChI=1S/C21H16N6O5/c1-32-13-8-6-12(7-9-13)20-23-21-18(27(30)31)10-17(26(28)29)19(25(21)24-20)15-11-22-16-5-3-2-4-14(15)16/h2-11,19,22H,1H3,(H,23,24). The Morgan fingerprint density at radius 2 is 1.81 bits per heavy atom. The molecule has 32 heavy (non-hydrogen) atoms. The zero-order chi connectivity index (χ0) is 22.4. The quantitative estimate of drug-likeness (QED) is 0.466. The molecule has 1 unspecified atom stereocenters. The number of hydrogen-bond donors (Lipinski definition) is 2. The van der Waals surface area contributed by atoms with E-state index in [1.165, 1.54) is 5.01 Å². The second-order valence-electron chi connectivity index (χ2n) is 7.16. The highest BCUT2D eigenvalue weighted by molar-refractivity contribution is 6.00. The summed E-state index contributed by atoms with van der Waals surface area (Å²) in [6.45, 7) is 0. The first kappa shape index (κ1) is 19.3. The van der Waals surface area contributed by atoms with E-state index in [9.17, 15) is 20.2 Å². The number of methoxy groups -OCH3 is 1. The van der Waals surface area contributed by atoms with Gasteiger partial charge in [-0.1, -0.05) is 18.2 Å². The van der Waals surface area contributed by atoms with E-state index in [0.29, 0.717) is 22.7 Å². The maximum Gasteiger partial charge on any atom is 0.319 e. The Hall–Kier alpha value is -4.67. The number of ether oxygens (including phenoxy) is 1. The van der Waals surface area contributed by atoms with Crippen LogP contribution in [0.1, 0.15) is 17.2 Å². The van der Waals surface area contributed by atoms with E-state index >= 15 is 0 Å². The van der Waals surface area contributed by atoms with Crippen molar-refractivity contribution in [2.75, 3.05) is 7.11 Å². The van der Waals surface area contributed by atoms with Crippen LogP contribution in [-0.2, 0) is 0 Å². The Balaban J connectivity index is 1.66. The number of aliphatic imine (C=N–C) groups is 1. The number of rotatable bonds is 5. The van der Waals surface area contributed by atoms with Crippen LogP contribution in [0.25, 0.3) is 10.9 Å². The number of allylic oxidation sites excluding steroid dienone is 1. The summed E-state index contributed by atoms with van der Waals surface area (Å²) in [6.07, 6.45) is 2.66. The molecule has 3 aromatic rings. The van der Waals surface area contributed by atoms with E-state index in [4.69, 9.17) is 4.74 Å². The Labute approximate surface area is 180 Å². The highest BCUT2D eigenvalue weighted by atomic mass is 16.6. The van der Waals surface area contributed by atoms with E-state index in [1.54, 1.807) is 37.6 Å². The molecule has 0 aliphatic carbocycles. The number of benzene rings is 2. The Morgan fingerprint density at radius 1 is 1.06 bits per heavy atom. The number of aromatic amines is 1. The molecule has 11 nitrogen and oxygen atoms in total. The monoisotopic (exact) mass is 432 g/mol. The first-order valence-corrected chi connectivity index (χ1v) is 9.57. The highest BCUT2D eigenvalue weighted by Crippen LogP contribution is 2.41. The smallest absolute Gasteiger partial charge is 0.319 e. The molecule has 0 bridgehead atoms. The van der Waals surface area contributed by atoms with Crippen molar-refractivity contribution in [1.29, 1.82) is 0 Å². The molecule has 0 spiro atoms.